The molecule has 0 spiro atoms. The molecule has 4 unspecified atom stereocenters. The molecule has 0 aromatic carbocycles. The summed E-state index contributed by atoms with van der Waals surface area (Å²) in [4.78, 5) is 26.5. The van der Waals surface area contributed by atoms with Gasteiger partial charge in [0.2, 0.25) is 11.8 Å². The molecule has 2 heterocycles. The van der Waals surface area contributed by atoms with Crippen LogP contribution in [0.5, 0.6) is 0 Å². The number of rotatable bonds is 3. The highest BCUT2D eigenvalue weighted by atomic mass is 16.2. The van der Waals surface area contributed by atoms with Crippen LogP contribution in [-0.4, -0.2) is 36.3 Å². The molecule has 2 bridgehead atoms. The van der Waals surface area contributed by atoms with E-state index in [1.807, 2.05) is 0 Å². The molecule has 2 aliphatic carbocycles. The average Bonchev–Trinajstić information content (AvgIpc) is 3.13. The fourth-order valence-electron chi connectivity index (χ4n) is 4.34. The van der Waals surface area contributed by atoms with Crippen LogP contribution in [0.2, 0.25) is 0 Å². The third kappa shape index (κ3) is 1.71. The van der Waals surface area contributed by atoms with E-state index in [9.17, 15) is 9.59 Å². The normalized spacial score (nSPS) is 38.6. The third-order valence-corrected chi connectivity index (χ3v) is 5.38. The predicted molar refractivity (Wildman–Crippen MR) is 74.6 cm³/mol. The minimum atomic E-state index is -0.0421. The van der Waals surface area contributed by atoms with Crippen LogP contribution < -0.4 is 5.32 Å². The maximum Gasteiger partial charge on any atom is 0.233 e. The molecule has 2 fully saturated rings. The van der Waals surface area contributed by atoms with Gasteiger partial charge in [-0.05, 0) is 37.6 Å². The van der Waals surface area contributed by atoms with E-state index in [1.165, 1.54) is 5.57 Å². The van der Waals surface area contributed by atoms with Crippen molar-refractivity contribution in [3.05, 3.63) is 23.8 Å². The smallest absolute Gasteiger partial charge is 0.233 e. The molecule has 4 atom stereocenters. The first-order chi connectivity index (χ1) is 9.75. The van der Waals surface area contributed by atoms with E-state index in [0.717, 1.165) is 32.4 Å². The summed E-state index contributed by atoms with van der Waals surface area (Å²) in [6.45, 7) is 2.50. The summed E-state index contributed by atoms with van der Waals surface area (Å²) in [5.41, 5.74) is 1.38. The number of allylic oxidation sites excluding steroid dienone is 2. The summed E-state index contributed by atoms with van der Waals surface area (Å²) in [5, 5.41) is 3.28. The minimum absolute atomic E-state index is 0.0421. The highest BCUT2D eigenvalue weighted by molar-refractivity contribution is 6.06. The molecule has 0 aromatic rings. The molecule has 4 aliphatic rings. The number of carbonyl (C=O) groups excluding carboxylic acids is 2. The number of hydrogen-bond acceptors (Lipinski definition) is 3. The Bertz CT molecular complexity index is 493. The van der Waals surface area contributed by atoms with Crippen LogP contribution in [0.3, 0.4) is 0 Å². The van der Waals surface area contributed by atoms with Gasteiger partial charge in [-0.2, -0.15) is 0 Å². The quantitative estimate of drug-likeness (QED) is 0.618. The molecular weight excluding hydrogens is 252 g/mol. The first-order valence-electron chi connectivity index (χ1n) is 7.68. The van der Waals surface area contributed by atoms with Gasteiger partial charge in [-0.25, -0.2) is 0 Å². The summed E-state index contributed by atoms with van der Waals surface area (Å²) in [5.74, 6) is 0.742. The Kier molecular flexibility index (Phi) is 2.81. The van der Waals surface area contributed by atoms with Gasteiger partial charge in [0.05, 0.1) is 11.8 Å². The van der Waals surface area contributed by atoms with Gasteiger partial charge in [-0.3, -0.25) is 14.5 Å². The van der Waals surface area contributed by atoms with Crippen molar-refractivity contribution >= 4 is 11.8 Å². The first-order valence-corrected chi connectivity index (χ1v) is 7.68. The van der Waals surface area contributed by atoms with E-state index in [0.29, 0.717) is 18.4 Å². The molecule has 0 aromatic heterocycles. The lowest BCUT2D eigenvalue weighted by atomic mass is 9.85. The van der Waals surface area contributed by atoms with Crippen molar-refractivity contribution < 1.29 is 9.59 Å². The zero-order valence-corrected chi connectivity index (χ0v) is 11.5. The van der Waals surface area contributed by atoms with Crippen LogP contribution in [0.4, 0.5) is 0 Å². The Morgan fingerprint density at radius 1 is 1.15 bits per heavy atom. The number of hydrogen-bond donors (Lipinski definition) is 1. The van der Waals surface area contributed by atoms with Crippen LogP contribution >= 0.6 is 0 Å². The molecule has 4 heteroatoms. The van der Waals surface area contributed by atoms with Crippen LogP contribution in [0.15, 0.2) is 23.8 Å². The third-order valence-electron chi connectivity index (χ3n) is 5.38. The zero-order valence-electron chi connectivity index (χ0n) is 11.5. The fraction of sp³-hybridized carbons (Fsp3) is 0.625. The largest absolute Gasteiger partial charge is 0.313 e. The van der Waals surface area contributed by atoms with Gasteiger partial charge in [-0.1, -0.05) is 23.8 Å². The lowest BCUT2D eigenvalue weighted by Crippen LogP contribution is -2.34. The van der Waals surface area contributed by atoms with Crippen LogP contribution in [0.1, 0.15) is 19.3 Å². The second-order valence-electron chi connectivity index (χ2n) is 6.39. The molecule has 1 N–H and O–H groups in total. The Morgan fingerprint density at radius 2 is 1.85 bits per heavy atom. The van der Waals surface area contributed by atoms with Crippen molar-refractivity contribution in [1.82, 2.24) is 10.2 Å². The Labute approximate surface area is 118 Å². The summed E-state index contributed by atoms with van der Waals surface area (Å²) in [7, 11) is 0. The summed E-state index contributed by atoms with van der Waals surface area (Å²) < 4.78 is 0. The highest BCUT2D eigenvalue weighted by Crippen LogP contribution is 2.52. The van der Waals surface area contributed by atoms with Gasteiger partial charge in [0.15, 0.2) is 0 Å². The average molecular weight is 272 g/mol. The monoisotopic (exact) mass is 272 g/mol. The van der Waals surface area contributed by atoms with E-state index in [-0.39, 0.29) is 23.7 Å². The molecule has 4 nitrogen and oxygen atoms in total. The number of fused-ring (bicyclic) bond motifs is 5. The molecule has 1 saturated heterocycles. The second-order valence-corrected chi connectivity index (χ2v) is 6.39. The standard InChI is InChI=1S/C16H20N2O2/c19-15-13-11-1-2-12(9-11)14(13)16(20)18(15)8-5-10-3-6-17-7-4-10/h1-3,11-14,17H,4-9H2. The van der Waals surface area contributed by atoms with E-state index >= 15 is 0 Å². The lowest BCUT2D eigenvalue weighted by molar-refractivity contribution is -0.140. The molecule has 2 aliphatic heterocycles. The molecule has 2 amide bonds. The number of nitrogens with one attached hydrogen (secondary N) is 1. The van der Waals surface area contributed by atoms with Crippen LogP contribution in [0.25, 0.3) is 0 Å². The summed E-state index contributed by atoms with van der Waals surface area (Å²) >= 11 is 0. The molecule has 20 heavy (non-hydrogen) atoms. The first kappa shape index (κ1) is 12.3. The number of amides is 2. The van der Waals surface area contributed by atoms with Gasteiger partial charge < -0.3 is 5.32 Å². The van der Waals surface area contributed by atoms with Crippen LogP contribution in [-0.2, 0) is 9.59 Å². The lowest BCUT2D eigenvalue weighted by Gasteiger charge is -2.19. The predicted octanol–water partition coefficient (Wildman–Crippen LogP) is 1.10. The highest BCUT2D eigenvalue weighted by Gasteiger charge is 2.58. The molecule has 1 saturated carbocycles. The van der Waals surface area contributed by atoms with Gasteiger partial charge >= 0.3 is 0 Å². The van der Waals surface area contributed by atoms with Gasteiger partial charge in [-0.15, -0.1) is 0 Å². The fourth-order valence-corrected chi connectivity index (χ4v) is 4.34. The summed E-state index contributed by atoms with van der Waals surface area (Å²) in [6, 6.07) is 0. The Hall–Kier alpha value is -1.42. The SMILES string of the molecule is O=C1C2C3C=CC(C3)C2C(=O)N1CCC1=CCNCC1. The zero-order chi connectivity index (χ0) is 13.7. The van der Waals surface area contributed by atoms with E-state index < -0.39 is 0 Å². The maximum atomic E-state index is 12.5. The van der Waals surface area contributed by atoms with Gasteiger partial charge in [0.25, 0.3) is 0 Å². The molecule has 0 radical (unpaired) electrons. The topological polar surface area (TPSA) is 49.4 Å². The van der Waals surface area contributed by atoms with Crippen molar-refractivity contribution in [1.29, 1.82) is 0 Å². The van der Waals surface area contributed by atoms with Crippen molar-refractivity contribution in [3.8, 4) is 0 Å². The van der Waals surface area contributed by atoms with Crippen molar-refractivity contribution in [3.63, 3.8) is 0 Å². The van der Waals surface area contributed by atoms with E-state index in [2.05, 4.69) is 23.5 Å². The number of likely N-dealkylation sites (tertiary alicyclic amines) is 1. The van der Waals surface area contributed by atoms with Gasteiger partial charge in [0, 0.05) is 13.1 Å². The maximum absolute atomic E-state index is 12.5. The van der Waals surface area contributed by atoms with E-state index in [1.54, 1.807) is 4.90 Å². The number of carbonyl (C=O) groups is 2. The molecule has 106 valence electrons. The minimum Gasteiger partial charge on any atom is -0.313 e. The number of imide groups is 1. The molecular formula is C16H20N2O2. The molecule has 4 rings (SSSR count). The van der Waals surface area contributed by atoms with Crippen molar-refractivity contribution in [2.75, 3.05) is 19.6 Å². The van der Waals surface area contributed by atoms with E-state index in [4.69, 9.17) is 0 Å². The van der Waals surface area contributed by atoms with Crippen LogP contribution in [0, 0.1) is 23.7 Å². The van der Waals surface area contributed by atoms with Crippen molar-refractivity contribution in [2.45, 2.75) is 19.3 Å². The summed E-state index contributed by atoms with van der Waals surface area (Å²) in [6.07, 6.45) is 9.39. The van der Waals surface area contributed by atoms with Crippen molar-refractivity contribution in [2.24, 2.45) is 23.7 Å². The van der Waals surface area contributed by atoms with Gasteiger partial charge in [0.1, 0.15) is 0 Å². The number of nitrogens with zero attached hydrogens (tertiary/aromatic N) is 1. The Morgan fingerprint density at radius 3 is 2.45 bits per heavy atom. The second kappa shape index (κ2) is 4.55. The Balaban J connectivity index is 1.46.